The van der Waals surface area contributed by atoms with Gasteiger partial charge in [0.05, 0.1) is 12.1 Å². The minimum atomic E-state index is 0.274. The molecule has 102 valence electrons. The third kappa shape index (κ3) is 3.37. The molecule has 0 bridgehead atoms. The van der Waals surface area contributed by atoms with Crippen LogP contribution in [0, 0.1) is 0 Å². The molecule has 19 heavy (non-hydrogen) atoms. The predicted octanol–water partition coefficient (Wildman–Crippen LogP) is 3.80. The molecule has 3 heteroatoms. The summed E-state index contributed by atoms with van der Waals surface area (Å²) in [6.45, 7) is 5.28. The lowest BCUT2D eigenvalue weighted by Crippen LogP contribution is -1.98. The van der Waals surface area contributed by atoms with Crippen molar-refractivity contribution in [2.45, 2.75) is 39.7 Å². The highest BCUT2D eigenvalue weighted by molar-refractivity contribution is 5.86. The Hall–Kier alpha value is -1.77. The molecule has 0 atom stereocenters. The Morgan fingerprint density at radius 1 is 1.26 bits per heavy atom. The van der Waals surface area contributed by atoms with E-state index in [1.165, 1.54) is 5.52 Å². The fourth-order valence-corrected chi connectivity index (χ4v) is 2.33. The van der Waals surface area contributed by atoms with Crippen LogP contribution in [0.1, 0.15) is 33.1 Å². The Kier molecular flexibility index (Phi) is 4.61. The largest absolute Gasteiger partial charge is 0.493 e. The number of aromatic nitrogens is 1. The smallest absolute Gasteiger partial charge is 0.129 e. The van der Waals surface area contributed by atoms with Crippen molar-refractivity contribution in [2.24, 2.45) is 0 Å². The molecule has 0 saturated heterocycles. The Morgan fingerprint density at radius 2 is 2.11 bits per heavy atom. The lowest BCUT2D eigenvalue weighted by Gasteiger charge is -2.07. The first-order valence-electron chi connectivity index (χ1n) is 6.92. The Bertz CT molecular complexity index is 557. The summed E-state index contributed by atoms with van der Waals surface area (Å²) < 4.78 is 7.87. The zero-order valence-corrected chi connectivity index (χ0v) is 11.7. The number of hydrogen-bond acceptors (Lipinski definition) is 2. The van der Waals surface area contributed by atoms with Gasteiger partial charge in [-0.15, -0.1) is 0 Å². The molecule has 0 aliphatic rings. The van der Waals surface area contributed by atoms with Gasteiger partial charge < -0.3 is 14.1 Å². The van der Waals surface area contributed by atoms with E-state index in [1.807, 2.05) is 19.1 Å². The maximum atomic E-state index is 10.9. The van der Waals surface area contributed by atoms with Crippen LogP contribution < -0.4 is 4.74 Å². The van der Waals surface area contributed by atoms with Crippen molar-refractivity contribution in [3.63, 3.8) is 0 Å². The number of ether oxygens (including phenoxy) is 1. The number of unbranched alkanes of at least 4 members (excludes halogenated alkanes) is 1. The van der Waals surface area contributed by atoms with E-state index < -0.39 is 0 Å². The van der Waals surface area contributed by atoms with Gasteiger partial charge in [0.15, 0.2) is 0 Å². The third-order valence-corrected chi connectivity index (χ3v) is 3.25. The van der Waals surface area contributed by atoms with Crippen LogP contribution in [0.25, 0.3) is 10.9 Å². The van der Waals surface area contributed by atoms with Gasteiger partial charge in [0.1, 0.15) is 11.5 Å². The summed E-state index contributed by atoms with van der Waals surface area (Å²) in [5.74, 6) is 1.22. The molecule has 0 amide bonds. The van der Waals surface area contributed by atoms with E-state index in [0.717, 1.165) is 30.5 Å². The summed E-state index contributed by atoms with van der Waals surface area (Å²) in [6, 6.07) is 8.25. The summed E-state index contributed by atoms with van der Waals surface area (Å²) in [5.41, 5.74) is 1.20. The van der Waals surface area contributed by atoms with Crippen LogP contribution in [-0.2, 0) is 11.3 Å². The maximum absolute atomic E-state index is 10.9. The minimum absolute atomic E-state index is 0.274. The topological polar surface area (TPSA) is 31.2 Å². The number of Topliss-reactive ketones (excluding diaryl/α,β-unsaturated/α-hetero) is 1. The molecule has 0 aliphatic heterocycles. The second kappa shape index (κ2) is 6.41. The number of fused-ring (bicyclic) bond motifs is 1. The summed E-state index contributed by atoms with van der Waals surface area (Å²) in [5, 5.41) is 1.16. The van der Waals surface area contributed by atoms with Gasteiger partial charge >= 0.3 is 0 Å². The Balaban J connectivity index is 2.08. The van der Waals surface area contributed by atoms with E-state index in [1.54, 1.807) is 6.92 Å². The molecular formula is C16H21NO2. The van der Waals surface area contributed by atoms with E-state index in [0.29, 0.717) is 13.0 Å². The molecule has 0 saturated carbocycles. The van der Waals surface area contributed by atoms with Crippen LogP contribution in [0.4, 0.5) is 0 Å². The van der Waals surface area contributed by atoms with Crippen LogP contribution in [0.15, 0.2) is 30.5 Å². The fraction of sp³-hybridized carbons (Fsp3) is 0.438. The third-order valence-electron chi connectivity index (χ3n) is 3.25. The van der Waals surface area contributed by atoms with Crippen molar-refractivity contribution in [1.82, 2.24) is 4.57 Å². The van der Waals surface area contributed by atoms with Gasteiger partial charge in [0, 0.05) is 24.5 Å². The number of carbonyl (C=O) groups is 1. The number of hydrogen-bond donors (Lipinski definition) is 0. The molecular weight excluding hydrogens is 238 g/mol. The lowest BCUT2D eigenvalue weighted by molar-refractivity contribution is -0.117. The van der Waals surface area contributed by atoms with Crippen LogP contribution in [0.5, 0.6) is 5.75 Å². The normalized spacial score (nSPS) is 10.8. The average molecular weight is 259 g/mol. The Labute approximate surface area is 114 Å². The highest BCUT2D eigenvalue weighted by atomic mass is 16.5. The molecule has 0 spiro atoms. The summed E-state index contributed by atoms with van der Waals surface area (Å²) in [4.78, 5) is 10.9. The van der Waals surface area contributed by atoms with Gasteiger partial charge in [-0.25, -0.2) is 0 Å². The molecule has 3 nitrogen and oxygen atoms in total. The van der Waals surface area contributed by atoms with E-state index in [2.05, 4.69) is 22.9 Å². The standard InChI is InChI=1S/C16H21NO2/c1-3-19-16-9-6-8-15-14(16)10-12-17(15)11-5-4-7-13(2)18/h6,8-10,12H,3-5,7,11H2,1-2H3. The second-order valence-corrected chi connectivity index (χ2v) is 4.79. The number of nitrogens with zero attached hydrogens (tertiary/aromatic N) is 1. The monoisotopic (exact) mass is 259 g/mol. The van der Waals surface area contributed by atoms with E-state index in [-0.39, 0.29) is 5.78 Å². The van der Waals surface area contributed by atoms with Gasteiger partial charge in [-0.3, -0.25) is 0 Å². The van der Waals surface area contributed by atoms with Gasteiger partial charge in [-0.05, 0) is 44.9 Å². The van der Waals surface area contributed by atoms with Crippen molar-refractivity contribution in [1.29, 1.82) is 0 Å². The zero-order chi connectivity index (χ0) is 13.7. The number of ketones is 1. The molecule has 1 aromatic heterocycles. The molecule has 0 N–H and O–H groups in total. The van der Waals surface area contributed by atoms with Crippen molar-refractivity contribution in [2.75, 3.05) is 6.61 Å². The second-order valence-electron chi connectivity index (χ2n) is 4.79. The maximum Gasteiger partial charge on any atom is 0.129 e. The molecule has 2 aromatic rings. The summed E-state index contributed by atoms with van der Waals surface area (Å²) in [6.07, 6.45) is 4.77. The summed E-state index contributed by atoms with van der Waals surface area (Å²) >= 11 is 0. The fourth-order valence-electron chi connectivity index (χ4n) is 2.33. The Morgan fingerprint density at radius 3 is 2.84 bits per heavy atom. The first-order chi connectivity index (χ1) is 9.22. The number of aryl methyl sites for hydroxylation is 1. The number of carbonyl (C=O) groups excluding carboxylic acids is 1. The van der Waals surface area contributed by atoms with E-state index in [4.69, 9.17) is 4.74 Å². The quantitative estimate of drug-likeness (QED) is 0.708. The summed E-state index contributed by atoms with van der Waals surface area (Å²) in [7, 11) is 0. The zero-order valence-electron chi connectivity index (χ0n) is 11.7. The van der Waals surface area contributed by atoms with Crippen LogP contribution >= 0.6 is 0 Å². The van der Waals surface area contributed by atoms with Crippen LogP contribution in [-0.4, -0.2) is 17.0 Å². The lowest BCUT2D eigenvalue weighted by atomic mass is 10.2. The highest BCUT2D eigenvalue weighted by Gasteiger charge is 2.06. The van der Waals surface area contributed by atoms with Crippen molar-refractivity contribution >= 4 is 16.7 Å². The van der Waals surface area contributed by atoms with E-state index in [9.17, 15) is 4.79 Å². The molecule has 0 radical (unpaired) electrons. The average Bonchev–Trinajstić information content (AvgIpc) is 2.79. The molecule has 1 aromatic carbocycles. The van der Waals surface area contributed by atoms with Crippen molar-refractivity contribution < 1.29 is 9.53 Å². The first-order valence-corrected chi connectivity index (χ1v) is 6.92. The van der Waals surface area contributed by atoms with Gasteiger partial charge in [0.25, 0.3) is 0 Å². The van der Waals surface area contributed by atoms with Crippen molar-refractivity contribution in [3.05, 3.63) is 30.5 Å². The van der Waals surface area contributed by atoms with Gasteiger partial charge in [0.2, 0.25) is 0 Å². The van der Waals surface area contributed by atoms with Crippen LogP contribution in [0.2, 0.25) is 0 Å². The molecule has 1 heterocycles. The minimum Gasteiger partial charge on any atom is -0.493 e. The first kappa shape index (κ1) is 13.7. The number of rotatable bonds is 7. The molecule has 0 fully saturated rings. The highest BCUT2D eigenvalue weighted by Crippen LogP contribution is 2.26. The SMILES string of the molecule is CCOc1cccc2c1ccn2CCCCC(C)=O. The molecule has 0 unspecified atom stereocenters. The number of benzene rings is 1. The van der Waals surface area contributed by atoms with E-state index >= 15 is 0 Å². The van der Waals surface area contributed by atoms with Gasteiger partial charge in [-0.1, -0.05) is 6.07 Å². The van der Waals surface area contributed by atoms with Crippen molar-refractivity contribution in [3.8, 4) is 5.75 Å². The predicted molar refractivity (Wildman–Crippen MR) is 77.6 cm³/mol. The van der Waals surface area contributed by atoms with Crippen LogP contribution in [0.3, 0.4) is 0 Å². The van der Waals surface area contributed by atoms with Gasteiger partial charge in [-0.2, -0.15) is 0 Å². The molecule has 0 aliphatic carbocycles. The molecule has 2 rings (SSSR count).